The smallest absolute Gasteiger partial charge is 0.251 e. The summed E-state index contributed by atoms with van der Waals surface area (Å²) in [6, 6.07) is 5.84. The Hall–Kier alpha value is -1.48. The third-order valence-corrected chi connectivity index (χ3v) is 4.06. The summed E-state index contributed by atoms with van der Waals surface area (Å²) in [5.74, 6) is -0.346. The van der Waals surface area contributed by atoms with E-state index in [1.165, 1.54) is 32.4 Å². The Morgan fingerprint density at radius 2 is 1.81 bits per heavy atom. The van der Waals surface area contributed by atoms with Crippen molar-refractivity contribution in [3.63, 3.8) is 0 Å². The van der Waals surface area contributed by atoms with Gasteiger partial charge in [0.1, 0.15) is 0 Å². The van der Waals surface area contributed by atoms with Crippen LogP contribution in [-0.2, 0) is 19.5 Å². The summed E-state index contributed by atoms with van der Waals surface area (Å²) < 4.78 is 36.1. The van der Waals surface area contributed by atoms with Crippen LogP contribution in [0.4, 0.5) is 0 Å². The molecule has 1 rings (SSSR count). The van der Waals surface area contributed by atoms with E-state index >= 15 is 0 Å². The molecule has 118 valence electrons. The second kappa shape index (κ2) is 8.73. The molecule has 0 atom stereocenters. The van der Waals surface area contributed by atoms with Gasteiger partial charge in [0.2, 0.25) is 10.0 Å². The van der Waals surface area contributed by atoms with Crippen molar-refractivity contribution in [1.29, 1.82) is 0 Å². The Balaban J connectivity index is 2.77. The molecule has 21 heavy (non-hydrogen) atoms. The molecule has 8 heteroatoms. The molecule has 0 saturated heterocycles. The Bertz CT molecular complexity index is 559. The van der Waals surface area contributed by atoms with Crippen LogP contribution in [0.15, 0.2) is 29.2 Å². The standard InChI is InChI=1S/C13H20N2O5S/c1-19-8-6-14-13(16)11-4-3-5-12(10-11)21(17,18)15-7-9-20-2/h3-5,10,15H,6-9H2,1-2H3,(H,14,16). The van der Waals surface area contributed by atoms with Crippen LogP contribution in [0.2, 0.25) is 0 Å². The molecule has 0 saturated carbocycles. The minimum atomic E-state index is -3.65. The van der Waals surface area contributed by atoms with Crippen LogP contribution in [0.5, 0.6) is 0 Å². The minimum absolute atomic E-state index is 0.0398. The quantitative estimate of drug-likeness (QED) is 0.625. The normalized spacial score (nSPS) is 11.3. The van der Waals surface area contributed by atoms with Gasteiger partial charge in [-0.2, -0.15) is 0 Å². The molecule has 1 amide bonds. The van der Waals surface area contributed by atoms with Gasteiger partial charge in [-0.15, -0.1) is 0 Å². The molecular weight excluding hydrogens is 296 g/mol. The van der Waals surface area contributed by atoms with Gasteiger partial charge in [0.15, 0.2) is 0 Å². The molecule has 0 aliphatic heterocycles. The highest BCUT2D eigenvalue weighted by molar-refractivity contribution is 7.89. The summed E-state index contributed by atoms with van der Waals surface area (Å²) in [5.41, 5.74) is 0.278. The van der Waals surface area contributed by atoms with Crippen molar-refractivity contribution < 1.29 is 22.7 Å². The molecule has 0 bridgehead atoms. The maximum absolute atomic E-state index is 12.0. The number of nitrogens with one attached hydrogen (secondary N) is 2. The number of sulfonamides is 1. The van der Waals surface area contributed by atoms with Crippen molar-refractivity contribution in [3.05, 3.63) is 29.8 Å². The van der Waals surface area contributed by atoms with E-state index < -0.39 is 10.0 Å². The van der Waals surface area contributed by atoms with Gasteiger partial charge in [-0.1, -0.05) is 6.07 Å². The monoisotopic (exact) mass is 316 g/mol. The highest BCUT2D eigenvalue weighted by Gasteiger charge is 2.15. The average molecular weight is 316 g/mol. The van der Waals surface area contributed by atoms with Crippen LogP contribution in [0.1, 0.15) is 10.4 Å². The SMILES string of the molecule is COCCNC(=O)c1cccc(S(=O)(=O)NCCOC)c1. The van der Waals surface area contributed by atoms with Gasteiger partial charge in [-0.25, -0.2) is 13.1 Å². The molecule has 0 aliphatic carbocycles. The van der Waals surface area contributed by atoms with E-state index in [2.05, 4.69) is 10.0 Å². The third-order valence-electron chi connectivity index (χ3n) is 2.60. The molecule has 0 fully saturated rings. The Kier molecular flexibility index (Phi) is 7.30. The topological polar surface area (TPSA) is 93.7 Å². The van der Waals surface area contributed by atoms with Crippen molar-refractivity contribution in [1.82, 2.24) is 10.0 Å². The largest absolute Gasteiger partial charge is 0.383 e. The fourth-order valence-electron chi connectivity index (χ4n) is 1.53. The molecule has 1 aromatic carbocycles. The molecule has 0 spiro atoms. The van der Waals surface area contributed by atoms with Crippen LogP contribution in [-0.4, -0.2) is 54.8 Å². The van der Waals surface area contributed by atoms with Gasteiger partial charge in [0, 0.05) is 32.9 Å². The summed E-state index contributed by atoms with van der Waals surface area (Å²) in [5, 5.41) is 2.63. The molecule has 1 aromatic rings. The second-order valence-corrected chi connectivity index (χ2v) is 5.93. The number of hydrogen-bond acceptors (Lipinski definition) is 5. The Morgan fingerprint density at radius 3 is 2.48 bits per heavy atom. The maximum Gasteiger partial charge on any atom is 0.251 e. The van der Waals surface area contributed by atoms with Gasteiger partial charge in [0.25, 0.3) is 5.91 Å². The van der Waals surface area contributed by atoms with Crippen LogP contribution in [0.25, 0.3) is 0 Å². The lowest BCUT2D eigenvalue weighted by atomic mass is 10.2. The maximum atomic E-state index is 12.0. The minimum Gasteiger partial charge on any atom is -0.383 e. The lowest BCUT2D eigenvalue weighted by molar-refractivity contribution is 0.0937. The number of methoxy groups -OCH3 is 2. The summed E-state index contributed by atoms with van der Waals surface area (Å²) in [4.78, 5) is 11.9. The second-order valence-electron chi connectivity index (χ2n) is 4.17. The number of carbonyl (C=O) groups excluding carboxylic acids is 1. The molecule has 0 aliphatic rings. The van der Waals surface area contributed by atoms with Crippen molar-refractivity contribution in [2.75, 3.05) is 40.5 Å². The molecule has 0 unspecified atom stereocenters. The van der Waals surface area contributed by atoms with Crippen molar-refractivity contribution in [3.8, 4) is 0 Å². The van der Waals surface area contributed by atoms with Crippen LogP contribution in [0.3, 0.4) is 0 Å². The zero-order valence-electron chi connectivity index (χ0n) is 12.1. The highest BCUT2D eigenvalue weighted by atomic mass is 32.2. The first kappa shape index (κ1) is 17.6. The van der Waals surface area contributed by atoms with Gasteiger partial charge >= 0.3 is 0 Å². The van der Waals surface area contributed by atoms with Crippen LogP contribution in [0, 0.1) is 0 Å². The lowest BCUT2D eigenvalue weighted by Gasteiger charge is -2.08. The average Bonchev–Trinajstić information content (AvgIpc) is 2.47. The van der Waals surface area contributed by atoms with E-state index in [0.29, 0.717) is 13.2 Å². The van der Waals surface area contributed by atoms with Gasteiger partial charge in [-0.05, 0) is 18.2 Å². The Labute approximate surface area is 124 Å². The molecule has 7 nitrogen and oxygen atoms in total. The first-order valence-corrected chi connectivity index (χ1v) is 7.85. The van der Waals surface area contributed by atoms with Gasteiger partial charge in [0.05, 0.1) is 18.1 Å². The van der Waals surface area contributed by atoms with E-state index in [0.717, 1.165) is 0 Å². The van der Waals surface area contributed by atoms with E-state index in [1.807, 2.05) is 0 Å². The number of hydrogen-bond donors (Lipinski definition) is 2. The summed E-state index contributed by atoms with van der Waals surface area (Å²) in [6.07, 6.45) is 0. The fourth-order valence-corrected chi connectivity index (χ4v) is 2.59. The Morgan fingerprint density at radius 1 is 1.14 bits per heavy atom. The number of amides is 1. The summed E-state index contributed by atoms with van der Waals surface area (Å²) >= 11 is 0. The molecule has 0 aromatic heterocycles. The van der Waals surface area contributed by atoms with Gasteiger partial charge < -0.3 is 14.8 Å². The van der Waals surface area contributed by atoms with E-state index in [-0.39, 0.29) is 29.5 Å². The van der Waals surface area contributed by atoms with E-state index in [4.69, 9.17) is 9.47 Å². The number of ether oxygens (including phenoxy) is 2. The predicted molar refractivity (Wildman–Crippen MR) is 77.7 cm³/mol. The predicted octanol–water partition coefficient (Wildman–Crippen LogP) is -0.0125. The molecule has 0 heterocycles. The van der Waals surface area contributed by atoms with Crippen molar-refractivity contribution in [2.24, 2.45) is 0 Å². The molecule has 2 N–H and O–H groups in total. The van der Waals surface area contributed by atoms with Gasteiger partial charge in [-0.3, -0.25) is 4.79 Å². The lowest BCUT2D eigenvalue weighted by Crippen LogP contribution is -2.29. The highest BCUT2D eigenvalue weighted by Crippen LogP contribution is 2.11. The van der Waals surface area contributed by atoms with Crippen molar-refractivity contribution >= 4 is 15.9 Å². The third kappa shape index (κ3) is 5.80. The summed E-state index contributed by atoms with van der Waals surface area (Å²) in [7, 11) is -0.630. The van der Waals surface area contributed by atoms with Crippen molar-refractivity contribution in [2.45, 2.75) is 4.90 Å². The fraction of sp³-hybridized carbons (Fsp3) is 0.462. The van der Waals surface area contributed by atoms with Crippen LogP contribution >= 0.6 is 0 Å². The van der Waals surface area contributed by atoms with E-state index in [1.54, 1.807) is 6.07 Å². The van der Waals surface area contributed by atoms with E-state index in [9.17, 15) is 13.2 Å². The summed E-state index contributed by atoms with van der Waals surface area (Å²) in [6.45, 7) is 1.19. The first-order valence-electron chi connectivity index (χ1n) is 6.37. The van der Waals surface area contributed by atoms with Crippen LogP contribution < -0.4 is 10.0 Å². The number of rotatable bonds is 9. The zero-order valence-corrected chi connectivity index (χ0v) is 12.9. The number of benzene rings is 1. The zero-order chi connectivity index (χ0) is 15.7. The molecule has 0 radical (unpaired) electrons. The number of carbonyl (C=O) groups is 1. The first-order chi connectivity index (χ1) is 10.0. The molecular formula is C13H20N2O5S.